The van der Waals surface area contributed by atoms with E-state index in [1.54, 1.807) is 6.07 Å². The third-order valence-electron chi connectivity index (χ3n) is 2.31. The van der Waals surface area contributed by atoms with Crippen LogP contribution in [0.5, 0.6) is 0 Å². The van der Waals surface area contributed by atoms with E-state index in [-0.39, 0.29) is 5.43 Å². The molecule has 0 saturated carbocycles. The van der Waals surface area contributed by atoms with Crippen LogP contribution in [-0.2, 0) is 0 Å². The Hall–Kier alpha value is -1.43. The van der Waals surface area contributed by atoms with Crippen molar-refractivity contribution in [2.24, 2.45) is 0 Å². The first-order chi connectivity index (χ1) is 7.72. The molecule has 4 heteroatoms. The summed E-state index contributed by atoms with van der Waals surface area (Å²) in [4.78, 5) is 15.6. The van der Waals surface area contributed by atoms with Gasteiger partial charge in [0, 0.05) is 9.64 Å². The molecule has 2 aliphatic rings. The SMILES string of the molecule is O=c1ccc2nc3ccc(I)cc3oc-2c1. The van der Waals surface area contributed by atoms with Gasteiger partial charge in [0.15, 0.2) is 16.8 Å². The Morgan fingerprint density at radius 3 is 2.88 bits per heavy atom. The van der Waals surface area contributed by atoms with Crippen LogP contribution in [0.1, 0.15) is 0 Å². The molecule has 0 unspecified atom stereocenters. The van der Waals surface area contributed by atoms with Gasteiger partial charge in [-0.15, -0.1) is 0 Å². The van der Waals surface area contributed by atoms with Gasteiger partial charge in [-0.05, 0) is 52.9 Å². The Balaban J connectivity index is 2.46. The monoisotopic (exact) mass is 323 g/mol. The van der Waals surface area contributed by atoms with Crippen LogP contribution >= 0.6 is 22.6 Å². The first-order valence-corrected chi connectivity index (χ1v) is 5.80. The van der Waals surface area contributed by atoms with Gasteiger partial charge in [0.2, 0.25) is 0 Å². The molecular formula is C12H6INO2. The Bertz CT molecular complexity index is 705. The van der Waals surface area contributed by atoms with Gasteiger partial charge in [-0.1, -0.05) is 0 Å². The van der Waals surface area contributed by atoms with Crippen LogP contribution in [0.2, 0.25) is 0 Å². The topological polar surface area (TPSA) is 43.1 Å². The summed E-state index contributed by atoms with van der Waals surface area (Å²) in [6.45, 7) is 0. The average molecular weight is 323 g/mol. The highest BCUT2D eigenvalue weighted by atomic mass is 127. The molecule has 3 nitrogen and oxygen atoms in total. The van der Waals surface area contributed by atoms with Gasteiger partial charge in [0.25, 0.3) is 0 Å². The van der Waals surface area contributed by atoms with Gasteiger partial charge in [-0.3, -0.25) is 4.79 Å². The van der Waals surface area contributed by atoms with E-state index in [1.807, 2.05) is 18.2 Å². The summed E-state index contributed by atoms with van der Waals surface area (Å²) in [6, 6.07) is 10.4. The van der Waals surface area contributed by atoms with Crippen LogP contribution in [0.25, 0.3) is 22.6 Å². The molecule has 0 spiro atoms. The molecule has 3 rings (SSSR count). The minimum atomic E-state index is -0.0666. The van der Waals surface area contributed by atoms with Crippen LogP contribution < -0.4 is 5.43 Å². The maximum absolute atomic E-state index is 11.2. The van der Waals surface area contributed by atoms with Crippen molar-refractivity contribution in [2.75, 3.05) is 0 Å². The summed E-state index contributed by atoms with van der Waals surface area (Å²) in [5.41, 5.74) is 2.13. The van der Waals surface area contributed by atoms with Crippen molar-refractivity contribution >= 4 is 33.7 Å². The zero-order chi connectivity index (χ0) is 11.1. The molecule has 78 valence electrons. The summed E-state index contributed by atoms with van der Waals surface area (Å²) in [7, 11) is 0. The highest BCUT2D eigenvalue weighted by Crippen LogP contribution is 2.24. The largest absolute Gasteiger partial charge is 0.453 e. The van der Waals surface area contributed by atoms with Crippen LogP contribution in [-0.4, -0.2) is 4.98 Å². The zero-order valence-electron chi connectivity index (χ0n) is 8.11. The molecule has 0 radical (unpaired) electrons. The lowest BCUT2D eigenvalue weighted by Crippen LogP contribution is -1.99. The van der Waals surface area contributed by atoms with E-state index >= 15 is 0 Å². The van der Waals surface area contributed by atoms with Crippen LogP contribution in [0.4, 0.5) is 0 Å². The van der Waals surface area contributed by atoms with E-state index in [0.29, 0.717) is 17.0 Å². The van der Waals surface area contributed by atoms with E-state index in [1.165, 1.54) is 12.1 Å². The molecule has 0 N–H and O–H groups in total. The molecule has 0 fully saturated rings. The third kappa shape index (κ3) is 1.59. The quantitative estimate of drug-likeness (QED) is 0.472. The smallest absolute Gasteiger partial charge is 0.182 e. The summed E-state index contributed by atoms with van der Waals surface area (Å²) in [5.74, 6) is 0.530. The predicted octanol–water partition coefficient (Wildman–Crippen LogP) is 2.90. The minimum Gasteiger partial charge on any atom is -0.453 e. The highest BCUT2D eigenvalue weighted by molar-refractivity contribution is 14.1. The Morgan fingerprint density at radius 2 is 2.00 bits per heavy atom. The van der Waals surface area contributed by atoms with E-state index < -0.39 is 0 Å². The van der Waals surface area contributed by atoms with Gasteiger partial charge in [0.1, 0.15) is 11.2 Å². The maximum atomic E-state index is 11.2. The summed E-state index contributed by atoms with van der Waals surface area (Å²) in [5, 5.41) is 0. The van der Waals surface area contributed by atoms with Crippen molar-refractivity contribution in [3.05, 3.63) is 50.2 Å². The predicted molar refractivity (Wildman–Crippen MR) is 69.6 cm³/mol. The van der Waals surface area contributed by atoms with Crippen LogP contribution in [0, 0.1) is 3.57 Å². The standard InChI is InChI=1S/C12H6INO2/c13-7-1-3-9-11(5-7)16-12-6-8(15)2-4-10(12)14-9/h1-6H. The number of hydrogen-bond donors (Lipinski definition) is 0. The third-order valence-corrected chi connectivity index (χ3v) is 2.98. The van der Waals surface area contributed by atoms with E-state index in [0.717, 1.165) is 9.09 Å². The van der Waals surface area contributed by atoms with Crippen molar-refractivity contribution in [1.82, 2.24) is 4.98 Å². The lowest BCUT2D eigenvalue weighted by atomic mass is 10.2. The van der Waals surface area contributed by atoms with E-state index in [2.05, 4.69) is 27.6 Å². The zero-order valence-corrected chi connectivity index (χ0v) is 10.3. The number of aromatic nitrogens is 1. The molecule has 0 atom stereocenters. The van der Waals surface area contributed by atoms with Crippen LogP contribution in [0.3, 0.4) is 0 Å². The molecule has 0 bridgehead atoms. The van der Waals surface area contributed by atoms with Gasteiger partial charge in [0.05, 0.1) is 0 Å². The van der Waals surface area contributed by atoms with Crippen molar-refractivity contribution in [2.45, 2.75) is 0 Å². The van der Waals surface area contributed by atoms with Crippen molar-refractivity contribution in [1.29, 1.82) is 0 Å². The molecule has 1 aliphatic heterocycles. The first-order valence-electron chi connectivity index (χ1n) is 4.72. The second-order valence-corrected chi connectivity index (χ2v) is 4.70. The first kappa shape index (κ1) is 9.77. The number of fused-ring (bicyclic) bond motifs is 2. The van der Waals surface area contributed by atoms with Crippen molar-refractivity contribution < 1.29 is 4.42 Å². The number of benzene rings is 2. The number of hydrogen-bond acceptors (Lipinski definition) is 3. The minimum absolute atomic E-state index is 0.0666. The van der Waals surface area contributed by atoms with E-state index in [4.69, 9.17) is 4.42 Å². The fourth-order valence-corrected chi connectivity index (χ4v) is 2.04. The van der Waals surface area contributed by atoms with Gasteiger partial charge < -0.3 is 4.42 Å². The molecule has 16 heavy (non-hydrogen) atoms. The number of nitrogens with zero attached hydrogens (tertiary/aromatic N) is 1. The normalized spacial score (nSPS) is 11.1. The lowest BCUT2D eigenvalue weighted by molar-refractivity contribution is 0.612. The highest BCUT2D eigenvalue weighted by Gasteiger charge is 2.08. The average Bonchev–Trinajstić information content (AvgIpc) is 2.26. The van der Waals surface area contributed by atoms with E-state index in [9.17, 15) is 4.79 Å². The molecular weight excluding hydrogens is 317 g/mol. The number of halogens is 1. The molecule has 0 aromatic heterocycles. The van der Waals surface area contributed by atoms with Crippen LogP contribution in [0.15, 0.2) is 45.6 Å². The summed E-state index contributed by atoms with van der Waals surface area (Å²) >= 11 is 2.21. The Kier molecular flexibility index (Phi) is 2.17. The molecule has 1 aromatic rings. The van der Waals surface area contributed by atoms with Gasteiger partial charge in [-0.2, -0.15) is 0 Å². The van der Waals surface area contributed by atoms with Crippen molar-refractivity contribution in [3.8, 4) is 11.5 Å². The summed E-state index contributed by atoms with van der Waals surface area (Å²) in [6.07, 6.45) is 0. The molecule has 1 aliphatic carbocycles. The second kappa shape index (κ2) is 3.55. The maximum Gasteiger partial charge on any atom is 0.182 e. The second-order valence-electron chi connectivity index (χ2n) is 3.46. The lowest BCUT2D eigenvalue weighted by Gasteiger charge is -2.05. The molecule has 1 aromatic carbocycles. The fraction of sp³-hybridized carbons (Fsp3) is 0. The molecule has 1 heterocycles. The molecule has 0 saturated heterocycles. The fourth-order valence-electron chi connectivity index (χ4n) is 1.58. The Morgan fingerprint density at radius 1 is 1.12 bits per heavy atom. The van der Waals surface area contributed by atoms with Gasteiger partial charge >= 0.3 is 0 Å². The summed E-state index contributed by atoms with van der Waals surface area (Å²) < 4.78 is 6.72. The number of rotatable bonds is 0. The molecule has 0 amide bonds. The van der Waals surface area contributed by atoms with Crippen molar-refractivity contribution in [3.63, 3.8) is 0 Å². The Labute approximate surface area is 105 Å². The van der Waals surface area contributed by atoms with Gasteiger partial charge in [-0.25, -0.2) is 4.98 Å².